The van der Waals surface area contributed by atoms with Crippen molar-refractivity contribution in [2.75, 3.05) is 6.54 Å². The van der Waals surface area contributed by atoms with Gasteiger partial charge in [0.15, 0.2) is 0 Å². The van der Waals surface area contributed by atoms with E-state index in [9.17, 15) is 0 Å². The maximum absolute atomic E-state index is 5.85. The Balaban J connectivity index is 1.95. The van der Waals surface area contributed by atoms with Gasteiger partial charge in [0, 0.05) is 5.92 Å². The van der Waals surface area contributed by atoms with Crippen molar-refractivity contribution in [1.82, 2.24) is 15.5 Å². The molecule has 0 radical (unpaired) electrons. The molecule has 0 aliphatic heterocycles. The molecular weight excluding hydrogens is 226 g/mol. The van der Waals surface area contributed by atoms with Crippen LogP contribution < -0.4 is 5.32 Å². The molecule has 18 heavy (non-hydrogen) atoms. The monoisotopic (exact) mass is 251 g/mol. The first-order valence-corrected chi connectivity index (χ1v) is 7.38. The summed E-state index contributed by atoms with van der Waals surface area (Å²) in [6.45, 7) is 5.23. The highest BCUT2D eigenvalue weighted by Crippen LogP contribution is 2.31. The molecule has 1 aromatic heterocycles. The maximum Gasteiger partial charge on any atom is 0.233 e. The number of aromatic nitrogens is 2. The fraction of sp³-hybridized carbons (Fsp3) is 0.857. The van der Waals surface area contributed by atoms with E-state index in [1.807, 2.05) is 0 Å². The third-order valence-electron chi connectivity index (χ3n) is 3.73. The van der Waals surface area contributed by atoms with Gasteiger partial charge in [-0.25, -0.2) is 0 Å². The van der Waals surface area contributed by atoms with Crippen LogP contribution in [0.15, 0.2) is 4.42 Å². The molecule has 0 aromatic carbocycles. The van der Waals surface area contributed by atoms with E-state index in [0.29, 0.717) is 5.92 Å². The second-order valence-corrected chi connectivity index (χ2v) is 5.34. The van der Waals surface area contributed by atoms with Crippen LogP contribution in [0, 0.1) is 0 Å². The molecule has 0 spiro atoms. The van der Waals surface area contributed by atoms with E-state index in [1.54, 1.807) is 0 Å². The van der Waals surface area contributed by atoms with Crippen LogP contribution in [0.5, 0.6) is 0 Å². The summed E-state index contributed by atoms with van der Waals surface area (Å²) in [6.07, 6.45) is 8.83. The third-order valence-corrected chi connectivity index (χ3v) is 3.73. The number of hydrogen-bond acceptors (Lipinski definition) is 4. The largest absolute Gasteiger partial charge is 0.423 e. The smallest absolute Gasteiger partial charge is 0.233 e. The van der Waals surface area contributed by atoms with Crippen molar-refractivity contribution in [3.05, 3.63) is 11.8 Å². The van der Waals surface area contributed by atoms with Crippen LogP contribution in [-0.2, 0) is 0 Å². The van der Waals surface area contributed by atoms with Crippen LogP contribution in [0.3, 0.4) is 0 Å². The van der Waals surface area contributed by atoms with E-state index in [0.717, 1.165) is 24.7 Å². The zero-order chi connectivity index (χ0) is 12.8. The highest BCUT2D eigenvalue weighted by molar-refractivity contribution is 4.95. The van der Waals surface area contributed by atoms with Crippen molar-refractivity contribution < 1.29 is 4.42 Å². The Morgan fingerprint density at radius 2 is 1.94 bits per heavy atom. The van der Waals surface area contributed by atoms with E-state index in [2.05, 4.69) is 29.4 Å². The molecule has 0 bridgehead atoms. The maximum atomic E-state index is 5.85. The molecule has 1 aliphatic rings. The van der Waals surface area contributed by atoms with E-state index in [1.165, 1.54) is 38.5 Å². The van der Waals surface area contributed by atoms with Crippen molar-refractivity contribution in [2.45, 2.75) is 70.8 Å². The second kappa shape index (κ2) is 6.88. The Bertz CT molecular complexity index is 343. The van der Waals surface area contributed by atoms with Crippen molar-refractivity contribution in [3.8, 4) is 0 Å². The Kier molecular flexibility index (Phi) is 5.17. The average molecular weight is 251 g/mol. The van der Waals surface area contributed by atoms with Gasteiger partial charge in [-0.2, -0.15) is 0 Å². The predicted molar refractivity (Wildman–Crippen MR) is 71.4 cm³/mol. The molecule has 0 saturated heterocycles. The minimum Gasteiger partial charge on any atom is -0.423 e. The summed E-state index contributed by atoms with van der Waals surface area (Å²) >= 11 is 0. The van der Waals surface area contributed by atoms with Crippen LogP contribution in [0.1, 0.15) is 82.5 Å². The van der Waals surface area contributed by atoms with E-state index in [-0.39, 0.29) is 6.04 Å². The molecule has 1 unspecified atom stereocenters. The number of rotatable bonds is 5. The fourth-order valence-corrected chi connectivity index (χ4v) is 2.56. The Morgan fingerprint density at radius 3 is 2.61 bits per heavy atom. The minimum absolute atomic E-state index is 0.164. The van der Waals surface area contributed by atoms with Crippen molar-refractivity contribution in [2.24, 2.45) is 0 Å². The summed E-state index contributed by atoms with van der Waals surface area (Å²) in [5.41, 5.74) is 0. The lowest BCUT2D eigenvalue weighted by molar-refractivity contribution is 0.362. The highest BCUT2D eigenvalue weighted by atomic mass is 16.4. The second-order valence-electron chi connectivity index (χ2n) is 5.34. The van der Waals surface area contributed by atoms with Crippen LogP contribution >= 0.6 is 0 Å². The standard InChI is InChI=1S/C14H25N3O/c1-3-10-15-11(2)13-16-17-14(18-13)12-8-6-4-5-7-9-12/h11-12,15H,3-10H2,1-2H3. The van der Waals surface area contributed by atoms with Gasteiger partial charge in [-0.05, 0) is 32.7 Å². The van der Waals surface area contributed by atoms with Gasteiger partial charge < -0.3 is 9.73 Å². The highest BCUT2D eigenvalue weighted by Gasteiger charge is 2.21. The van der Waals surface area contributed by atoms with Gasteiger partial charge in [0.1, 0.15) is 0 Å². The van der Waals surface area contributed by atoms with Crippen molar-refractivity contribution in [3.63, 3.8) is 0 Å². The lowest BCUT2D eigenvalue weighted by atomic mass is 10.0. The summed E-state index contributed by atoms with van der Waals surface area (Å²) < 4.78 is 5.85. The number of nitrogens with zero attached hydrogens (tertiary/aromatic N) is 2. The van der Waals surface area contributed by atoms with Gasteiger partial charge in [0.2, 0.25) is 11.8 Å². The summed E-state index contributed by atoms with van der Waals surface area (Å²) in [7, 11) is 0. The average Bonchev–Trinajstić information content (AvgIpc) is 2.72. The molecular formula is C14H25N3O. The van der Waals surface area contributed by atoms with Crippen LogP contribution in [0.4, 0.5) is 0 Å². The SMILES string of the molecule is CCCNC(C)c1nnc(C2CCCCCC2)o1. The molecule has 0 amide bonds. The topological polar surface area (TPSA) is 51.0 Å². The molecule has 4 nitrogen and oxygen atoms in total. The predicted octanol–water partition coefficient (Wildman–Crippen LogP) is 3.57. The van der Waals surface area contributed by atoms with Gasteiger partial charge in [0.25, 0.3) is 0 Å². The molecule has 1 aromatic rings. The van der Waals surface area contributed by atoms with Crippen LogP contribution in [0.25, 0.3) is 0 Å². The molecule has 1 saturated carbocycles. The van der Waals surface area contributed by atoms with Crippen LogP contribution in [-0.4, -0.2) is 16.7 Å². The van der Waals surface area contributed by atoms with Gasteiger partial charge in [0.05, 0.1) is 6.04 Å². The molecule has 102 valence electrons. The lowest BCUT2D eigenvalue weighted by Gasteiger charge is -2.09. The fourth-order valence-electron chi connectivity index (χ4n) is 2.56. The van der Waals surface area contributed by atoms with Crippen LogP contribution in [0.2, 0.25) is 0 Å². The molecule has 4 heteroatoms. The number of hydrogen-bond donors (Lipinski definition) is 1. The summed E-state index contributed by atoms with van der Waals surface area (Å²) in [4.78, 5) is 0. The Hall–Kier alpha value is -0.900. The lowest BCUT2D eigenvalue weighted by Crippen LogP contribution is -2.19. The molecule has 2 rings (SSSR count). The van der Waals surface area contributed by atoms with E-state index < -0.39 is 0 Å². The first-order valence-electron chi connectivity index (χ1n) is 7.38. The quantitative estimate of drug-likeness (QED) is 0.813. The Labute approximate surface area is 110 Å². The van der Waals surface area contributed by atoms with Gasteiger partial charge in [-0.3, -0.25) is 0 Å². The first kappa shape index (κ1) is 13.5. The van der Waals surface area contributed by atoms with Crippen molar-refractivity contribution >= 4 is 0 Å². The molecule has 1 fully saturated rings. The first-order chi connectivity index (χ1) is 8.81. The minimum atomic E-state index is 0.164. The van der Waals surface area contributed by atoms with Crippen molar-refractivity contribution in [1.29, 1.82) is 0 Å². The zero-order valence-corrected chi connectivity index (χ0v) is 11.6. The van der Waals surface area contributed by atoms with E-state index >= 15 is 0 Å². The summed E-state index contributed by atoms with van der Waals surface area (Å²) in [6, 6.07) is 0.164. The number of nitrogens with one attached hydrogen (secondary N) is 1. The Morgan fingerprint density at radius 1 is 1.22 bits per heavy atom. The molecule has 1 atom stereocenters. The zero-order valence-electron chi connectivity index (χ0n) is 11.6. The van der Waals surface area contributed by atoms with Gasteiger partial charge in [-0.15, -0.1) is 10.2 Å². The summed E-state index contributed by atoms with van der Waals surface area (Å²) in [5, 5.41) is 11.8. The third kappa shape index (κ3) is 3.55. The van der Waals surface area contributed by atoms with Gasteiger partial charge in [-0.1, -0.05) is 32.6 Å². The molecule has 1 N–H and O–H groups in total. The summed E-state index contributed by atoms with van der Waals surface area (Å²) in [5.74, 6) is 2.09. The van der Waals surface area contributed by atoms with E-state index in [4.69, 9.17) is 4.42 Å². The van der Waals surface area contributed by atoms with Gasteiger partial charge >= 0.3 is 0 Å². The molecule has 1 heterocycles. The molecule has 1 aliphatic carbocycles. The normalized spacial score (nSPS) is 19.7.